The summed E-state index contributed by atoms with van der Waals surface area (Å²) < 4.78 is 0. The standard InChI is InChI=1S/C15H20N2O3.Li/c18-13(10-11-6-8-16-9-7-11)17-14(15(19)20)12-4-2-1-3-5-12;/h6-9,12,14H,1-5,10H2,(H,17,18)(H,19,20);/q;+1/p-1/t14-;/m0./s1. The maximum absolute atomic E-state index is 11.9. The first-order valence-electron chi connectivity index (χ1n) is 7.06. The molecule has 108 valence electrons. The Morgan fingerprint density at radius 1 is 1.24 bits per heavy atom. The summed E-state index contributed by atoms with van der Waals surface area (Å²) in [5.41, 5.74) is 0.818. The molecule has 1 N–H and O–H groups in total. The van der Waals surface area contributed by atoms with Crippen molar-refractivity contribution in [3.8, 4) is 0 Å². The summed E-state index contributed by atoms with van der Waals surface area (Å²) in [5, 5.41) is 13.9. The van der Waals surface area contributed by atoms with Crippen LogP contribution in [-0.4, -0.2) is 22.9 Å². The Bertz CT molecular complexity index is 461. The summed E-state index contributed by atoms with van der Waals surface area (Å²) >= 11 is 0. The van der Waals surface area contributed by atoms with Crippen molar-refractivity contribution in [3.63, 3.8) is 0 Å². The van der Waals surface area contributed by atoms with Crippen LogP contribution in [0.15, 0.2) is 24.5 Å². The molecule has 1 saturated carbocycles. The van der Waals surface area contributed by atoms with Crippen molar-refractivity contribution in [2.45, 2.75) is 44.6 Å². The van der Waals surface area contributed by atoms with Crippen LogP contribution < -0.4 is 29.3 Å². The number of hydrogen-bond acceptors (Lipinski definition) is 4. The predicted octanol–water partition coefficient (Wildman–Crippen LogP) is -2.56. The number of carboxylic acid groups (broad SMARTS) is 1. The number of amides is 1. The fourth-order valence-electron chi connectivity index (χ4n) is 2.75. The van der Waals surface area contributed by atoms with E-state index in [0.717, 1.165) is 37.7 Å². The molecule has 0 spiro atoms. The second-order valence-electron chi connectivity index (χ2n) is 5.29. The number of carbonyl (C=O) groups is 2. The molecule has 0 bridgehead atoms. The molecule has 1 fully saturated rings. The average molecular weight is 282 g/mol. The van der Waals surface area contributed by atoms with Crippen LogP contribution in [-0.2, 0) is 16.0 Å². The molecule has 21 heavy (non-hydrogen) atoms. The zero-order chi connectivity index (χ0) is 14.4. The first kappa shape index (κ1) is 17.7. The number of aromatic nitrogens is 1. The first-order chi connectivity index (χ1) is 9.66. The third-order valence-corrected chi connectivity index (χ3v) is 3.81. The van der Waals surface area contributed by atoms with Crippen molar-refractivity contribution in [1.29, 1.82) is 0 Å². The number of carbonyl (C=O) groups excluding carboxylic acids is 2. The SMILES string of the molecule is O=C(Cc1ccncc1)N[C@H](C(=O)[O-])C1CCCCC1.[Li+]. The number of nitrogens with zero attached hydrogens (tertiary/aromatic N) is 1. The van der Waals surface area contributed by atoms with Crippen LogP contribution in [0.25, 0.3) is 0 Å². The Balaban J connectivity index is 0.00000220. The van der Waals surface area contributed by atoms with Gasteiger partial charge in [-0.05, 0) is 36.5 Å². The molecule has 1 atom stereocenters. The van der Waals surface area contributed by atoms with Crippen LogP contribution in [0.5, 0.6) is 0 Å². The van der Waals surface area contributed by atoms with Gasteiger partial charge in [0.25, 0.3) is 0 Å². The molecule has 1 aliphatic rings. The van der Waals surface area contributed by atoms with E-state index in [9.17, 15) is 14.7 Å². The van der Waals surface area contributed by atoms with Crippen LogP contribution in [0.1, 0.15) is 37.7 Å². The summed E-state index contributed by atoms with van der Waals surface area (Å²) in [5.74, 6) is -1.47. The smallest absolute Gasteiger partial charge is 0.548 e. The third-order valence-electron chi connectivity index (χ3n) is 3.81. The fourth-order valence-corrected chi connectivity index (χ4v) is 2.75. The zero-order valence-corrected chi connectivity index (χ0v) is 12.4. The Hall–Kier alpha value is -1.31. The Morgan fingerprint density at radius 3 is 2.43 bits per heavy atom. The maximum Gasteiger partial charge on any atom is 1.00 e. The molecule has 6 heteroatoms. The van der Waals surface area contributed by atoms with Crippen LogP contribution in [0.2, 0.25) is 0 Å². The Labute approximate surface area is 136 Å². The van der Waals surface area contributed by atoms with Crippen molar-refractivity contribution in [1.82, 2.24) is 10.3 Å². The maximum atomic E-state index is 11.9. The molecule has 0 aromatic carbocycles. The minimum Gasteiger partial charge on any atom is -0.548 e. The largest absolute Gasteiger partial charge is 1.00 e. The van der Waals surface area contributed by atoms with Crippen molar-refractivity contribution >= 4 is 11.9 Å². The van der Waals surface area contributed by atoms with Gasteiger partial charge in [0, 0.05) is 12.4 Å². The van der Waals surface area contributed by atoms with Gasteiger partial charge in [-0.25, -0.2) is 0 Å². The van der Waals surface area contributed by atoms with Crippen LogP contribution in [0, 0.1) is 5.92 Å². The molecule has 1 amide bonds. The fraction of sp³-hybridized carbons (Fsp3) is 0.533. The molecule has 0 saturated heterocycles. The van der Waals surface area contributed by atoms with E-state index in [-0.39, 0.29) is 37.1 Å². The van der Waals surface area contributed by atoms with Crippen LogP contribution >= 0.6 is 0 Å². The van der Waals surface area contributed by atoms with Gasteiger partial charge in [-0.3, -0.25) is 9.78 Å². The number of carboxylic acids is 1. The van der Waals surface area contributed by atoms with E-state index in [1.807, 2.05) is 0 Å². The summed E-state index contributed by atoms with van der Waals surface area (Å²) in [4.78, 5) is 27.1. The van der Waals surface area contributed by atoms with Crippen LogP contribution in [0.4, 0.5) is 0 Å². The van der Waals surface area contributed by atoms with Gasteiger partial charge in [0.15, 0.2) is 0 Å². The van der Waals surface area contributed by atoms with E-state index in [1.54, 1.807) is 24.5 Å². The van der Waals surface area contributed by atoms with E-state index in [1.165, 1.54) is 0 Å². The van der Waals surface area contributed by atoms with Gasteiger partial charge in [-0.1, -0.05) is 19.3 Å². The summed E-state index contributed by atoms with van der Waals surface area (Å²) in [7, 11) is 0. The molecule has 1 aliphatic carbocycles. The molecule has 5 nitrogen and oxygen atoms in total. The average Bonchev–Trinajstić information content (AvgIpc) is 2.46. The van der Waals surface area contributed by atoms with Gasteiger partial charge < -0.3 is 15.2 Å². The van der Waals surface area contributed by atoms with Crippen molar-refractivity contribution < 1.29 is 33.6 Å². The van der Waals surface area contributed by atoms with E-state index in [2.05, 4.69) is 10.3 Å². The topological polar surface area (TPSA) is 82.1 Å². The van der Waals surface area contributed by atoms with Gasteiger partial charge in [0.05, 0.1) is 18.4 Å². The number of hydrogen-bond donors (Lipinski definition) is 1. The van der Waals surface area contributed by atoms with Gasteiger partial charge in [0.2, 0.25) is 5.91 Å². The summed E-state index contributed by atoms with van der Waals surface area (Å²) in [6, 6.07) is 2.62. The first-order valence-corrected chi connectivity index (χ1v) is 7.06. The van der Waals surface area contributed by atoms with Crippen molar-refractivity contribution in [3.05, 3.63) is 30.1 Å². The minimum atomic E-state index is -1.18. The minimum absolute atomic E-state index is 0. The van der Waals surface area contributed by atoms with Crippen molar-refractivity contribution in [2.75, 3.05) is 0 Å². The molecule has 0 unspecified atom stereocenters. The molecule has 1 heterocycles. The Morgan fingerprint density at radius 2 is 1.86 bits per heavy atom. The zero-order valence-electron chi connectivity index (χ0n) is 12.4. The van der Waals surface area contributed by atoms with E-state index in [4.69, 9.17) is 0 Å². The molecular weight excluding hydrogens is 263 g/mol. The van der Waals surface area contributed by atoms with Crippen molar-refractivity contribution in [2.24, 2.45) is 5.92 Å². The quantitative estimate of drug-likeness (QED) is 0.603. The summed E-state index contributed by atoms with van der Waals surface area (Å²) in [6.45, 7) is 0. The van der Waals surface area contributed by atoms with Gasteiger partial charge in [0.1, 0.15) is 0 Å². The van der Waals surface area contributed by atoms with Gasteiger partial charge in [-0.15, -0.1) is 0 Å². The monoisotopic (exact) mass is 282 g/mol. The normalized spacial score (nSPS) is 16.6. The predicted molar refractivity (Wildman–Crippen MR) is 71.5 cm³/mol. The van der Waals surface area contributed by atoms with Gasteiger partial charge >= 0.3 is 18.9 Å². The van der Waals surface area contributed by atoms with E-state index < -0.39 is 12.0 Å². The molecule has 1 aromatic heterocycles. The number of aliphatic carboxylic acids is 1. The summed E-state index contributed by atoms with van der Waals surface area (Å²) in [6.07, 6.45) is 8.26. The number of rotatable bonds is 5. The second-order valence-corrected chi connectivity index (χ2v) is 5.29. The number of pyridine rings is 1. The molecule has 0 radical (unpaired) electrons. The third kappa shape index (κ3) is 5.53. The van der Waals surface area contributed by atoms with Gasteiger partial charge in [-0.2, -0.15) is 0 Å². The Kier molecular flexibility index (Phi) is 7.48. The molecule has 0 aliphatic heterocycles. The number of nitrogens with one attached hydrogen (secondary N) is 1. The molecular formula is C15H19LiN2O3. The molecule has 1 aromatic rings. The van der Waals surface area contributed by atoms with E-state index >= 15 is 0 Å². The van der Waals surface area contributed by atoms with Crippen LogP contribution in [0.3, 0.4) is 0 Å². The molecule has 2 rings (SSSR count). The van der Waals surface area contributed by atoms with E-state index in [0.29, 0.717) is 0 Å². The second kappa shape index (κ2) is 8.86.